The number of pyridine rings is 2. The van der Waals surface area contributed by atoms with Crippen LogP contribution in [-0.4, -0.2) is 62.0 Å². The van der Waals surface area contributed by atoms with Crippen LogP contribution in [0.5, 0.6) is 0 Å². The van der Waals surface area contributed by atoms with Gasteiger partial charge in [-0.15, -0.1) is 11.3 Å². The number of nitrogens with zero attached hydrogens (tertiary/aromatic N) is 5. The van der Waals surface area contributed by atoms with Gasteiger partial charge in [0.05, 0.1) is 33.8 Å². The molecule has 5 aromatic rings. The van der Waals surface area contributed by atoms with Gasteiger partial charge in [0.25, 0.3) is 0 Å². The first-order chi connectivity index (χ1) is 17.5. The van der Waals surface area contributed by atoms with Gasteiger partial charge in [0.1, 0.15) is 6.10 Å². The van der Waals surface area contributed by atoms with Crippen molar-refractivity contribution in [2.24, 2.45) is 0 Å². The molecule has 9 heteroatoms. The van der Waals surface area contributed by atoms with Crippen LogP contribution in [-0.2, 0) is 4.74 Å². The predicted molar refractivity (Wildman–Crippen MR) is 140 cm³/mol. The molecule has 5 heterocycles. The van der Waals surface area contributed by atoms with Crippen molar-refractivity contribution >= 4 is 28.2 Å². The van der Waals surface area contributed by atoms with E-state index in [4.69, 9.17) is 4.74 Å². The Bertz CT molecular complexity index is 1580. The molecule has 1 aromatic carbocycles. The Kier molecular flexibility index (Phi) is 5.79. The molecule has 8 nitrogen and oxygen atoms in total. The molecule has 0 aliphatic carbocycles. The number of hydrogen-bond acceptors (Lipinski definition) is 8. The highest BCUT2D eigenvalue weighted by atomic mass is 32.1. The number of benzene rings is 1. The van der Waals surface area contributed by atoms with E-state index in [0.29, 0.717) is 5.01 Å². The maximum atomic E-state index is 12.6. The molecule has 1 N–H and O–H groups in total. The van der Waals surface area contributed by atoms with Crippen molar-refractivity contribution in [3.05, 3.63) is 71.9 Å². The average Bonchev–Trinajstić information content (AvgIpc) is 3.64. The number of esters is 1. The van der Waals surface area contributed by atoms with Crippen molar-refractivity contribution in [3.63, 3.8) is 0 Å². The Morgan fingerprint density at radius 2 is 2.00 bits per heavy atom. The van der Waals surface area contributed by atoms with Gasteiger partial charge in [-0.2, -0.15) is 0 Å². The van der Waals surface area contributed by atoms with Crippen LogP contribution < -0.4 is 0 Å². The number of rotatable bonds is 5. The first kappa shape index (κ1) is 22.5. The zero-order valence-electron chi connectivity index (χ0n) is 19.9. The number of carbonyl (C=O) groups excluding carboxylic acids is 1. The summed E-state index contributed by atoms with van der Waals surface area (Å²) in [4.78, 5) is 37.0. The third-order valence-corrected chi connectivity index (χ3v) is 7.35. The van der Waals surface area contributed by atoms with E-state index in [-0.39, 0.29) is 12.1 Å². The Hall–Kier alpha value is -3.95. The summed E-state index contributed by atoms with van der Waals surface area (Å²) in [6.07, 6.45) is 6.00. The van der Waals surface area contributed by atoms with Gasteiger partial charge >= 0.3 is 5.97 Å². The molecule has 4 aromatic heterocycles. The lowest BCUT2D eigenvalue weighted by molar-refractivity contribution is 0.0327. The summed E-state index contributed by atoms with van der Waals surface area (Å²) in [6, 6.07) is 14.1. The van der Waals surface area contributed by atoms with Gasteiger partial charge in [0.15, 0.2) is 0 Å². The number of imidazole rings is 1. The third-order valence-electron chi connectivity index (χ3n) is 6.33. The summed E-state index contributed by atoms with van der Waals surface area (Å²) in [5.74, 6) is -0.363. The van der Waals surface area contributed by atoms with E-state index in [1.54, 1.807) is 12.5 Å². The summed E-state index contributed by atoms with van der Waals surface area (Å²) in [5, 5.41) is 1.34. The van der Waals surface area contributed by atoms with Crippen molar-refractivity contribution < 1.29 is 9.53 Å². The van der Waals surface area contributed by atoms with Gasteiger partial charge in [-0.1, -0.05) is 12.1 Å². The van der Waals surface area contributed by atoms with Crippen molar-refractivity contribution in [3.8, 4) is 33.1 Å². The van der Waals surface area contributed by atoms with Crippen LogP contribution in [0.1, 0.15) is 21.9 Å². The van der Waals surface area contributed by atoms with E-state index in [1.165, 1.54) is 11.3 Å². The number of ether oxygens (including phenoxy) is 1. The van der Waals surface area contributed by atoms with Crippen LogP contribution in [0, 0.1) is 6.92 Å². The first-order valence-electron chi connectivity index (χ1n) is 11.8. The number of H-pyrrole nitrogens is 1. The van der Waals surface area contributed by atoms with Gasteiger partial charge < -0.3 is 14.6 Å². The lowest BCUT2D eigenvalue weighted by atomic mass is 10.0. The van der Waals surface area contributed by atoms with Gasteiger partial charge in [-0.05, 0) is 50.7 Å². The number of fused-ring (bicyclic) bond motifs is 1. The van der Waals surface area contributed by atoms with E-state index in [0.717, 1.165) is 69.2 Å². The SMILES string of the molecule is Cc1cccc(-c2[nH]cnc2-c2ccc3ncc(-c4cnc(C(=O)O[C@H]5CCN(C)C5)s4)cc3c2)n1. The second kappa shape index (κ2) is 9.25. The average molecular weight is 497 g/mol. The number of likely N-dealkylation sites (N-methyl/N-ethyl adjacent to an activating group) is 1. The number of thiazole rings is 1. The number of hydrogen-bond donors (Lipinski definition) is 1. The van der Waals surface area contributed by atoms with Crippen LogP contribution in [0.15, 0.2) is 61.2 Å². The molecule has 1 fully saturated rings. The minimum Gasteiger partial charge on any atom is -0.456 e. The fraction of sp³-hybridized carbons (Fsp3) is 0.222. The monoisotopic (exact) mass is 496 g/mol. The van der Waals surface area contributed by atoms with Crippen LogP contribution in [0.3, 0.4) is 0 Å². The number of aromatic amines is 1. The molecule has 180 valence electrons. The molecule has 1 saturated heterocycles. The van der Waals surface area contributed by atoms with Crippen molar-refractivity contribution in [1.29, 1.82) is 0 Å². The molecule has 0 spiro atoms. The quantitative estimate of drug-likeness (QED) is 0.343. The van der Waals surface area contributed by atoms with Crippen molar-refractivity contribution in [2.45, 2.75) is 19.4 Å². The lowest BCUT2D eigenvalue weighted by Gasteiger charge is -2.10. The number of aryl methyl sites for hydroxylation is 1. The molecule has 1 atom stereocenters. The summed E-state index contributed by atoms with van der Waals surface area (Å²) in [6.45, 7) is 3.67. The highest BCUT2D eigenvalue weighted by Crippen LogP contribution is 2.32. The van der Waals surface area contributed by atoms with Crippen molar-refractivity contribution in [2.75, 3.05) is 20.1 Å². The Labute approximate surface area is 212 Å². The van der Waals surface area contributed by atoms with Gasteiger partial charge in [0.2, 0.25) is 5.01 Å². The minimum absolute atomic E-state index is 0.0717. The predicted octanol–water partition coefficient (Wildman–Crippen LogP) is 4.98. The molecule has 0 amide bonds. The van der Waals surface area contributed by atoms with Crippen LogP contribution >= 0.6 is 11.3 Å². The second-order valence-corrected chi connectivity index (χ2v) is 10.1. The summed E-state index contributed by atoms with van der Waals surface area (Å²) >= 11 is 1.32. The summed E-state index contributed by atoms with van der Waals surface area (Å²) in [5.41, 5.74) is 6.26. The summed E-state index contributed by atoms with van der Waals surface area (Å²) in [7, 11) is 2.03. The molecule has 36 heavy (non-hydrogen) atoms. The first-order valence-corrected chi connectivity index (χ1v) is 12.6. The normalized spacial score (nSPS) is 16.0. The fourth-order valence-corrected chi connectivity index (χ4v) is 5.28. The smallest absolute Gasteiger partial charge is 0.367 e. The van der Waals surface area contributed by atoms with Crippen LogP contribution in [0.2, 0.25) is 0 Å². The molecule has 0 unspecified atom stereocenters. The molecular formula is C27H24N6O2S. The van der Waals surface area contributed by atoms with E-state index < -0.39 is 0 Å². The second-order valence-electron chi connectivity index (χ2n) is 9.03. The Morgan fingerprint density at radius 3 is 2.83 bits per heavy atom. The fourth-order valence-electron chi connectivity index (χ4n) is 4.50. The number of aromatic nitrogens is 5. The summed E-state index contributed by atoms with van der Waals surface area (Å²) < 4.78 is 5.64. The molecule has 0 saturated carbocycles. The van der Waals surface area contributed by atoms with E-state index in [2.05, 4.69) is 42.0 Å². The van der Waals surface area contributed by atoms with Gasteiger partial charge in [0, 0.05) is 47.7 Å². The zero-order chi connectivity index (χ0) is 24.6. The number of nitrogens with one attached hydrogen (secondary N) is 1. The Balaban J connectivity index is 1.29. The topological polar surface area (TPSA) is 96.9 Å². The van der Waals surface area contributed by atoms with E-state index in [1.807, 2.05) is 50.5 Å². The molecule has 6 rings (SSSR count). The molecule has 0 radical (unpaired) electrons. The van der Waals surface area contributed by atoms with E-state index in [9.17, 15) is 4.79 Å². The Morgan fingerprint density at radius 1 is 1.11 bits per heavy atom. The third kappa shape index (κ3) is 4.38. The maximum absolute atomic E-state index is 12.6. The maximum Gasteiger partial charge on any atom is 0.367 e. The van der Waals surface area contributed by atoms with Crippen LogP contribution in [0.25, 0.3) is 44.0 Å². The number of likely N-dealkylation sites (tertiary alicyclic amines) is 1. The number of carbonyl (C=O) groups is 1. The van der Waals surface area contributed by atoms with Crippen molar-refractivity contribution in [1.82, 2.24) is 29.8 Å². The minimum atomic E-state index is -0.363. The highest BCUT2D eigenvalue weighted by molar-refractivity contribution is 7.16. The van der Waals surface area contributed by atoms with E-state index >= 15 is 0 Å². The molecule has 0 bridgehead atoms. The largest absolute Gasteiger partial charge is 0.456 e. The standard InChI is InChI=1S/C27H24N6O2S/c1-16-4-3-5-22(32-16)25-24(30-15-31-25)17-6-7-21-18(10-17)11-19(12-28-21)23-13-29-26(36-23)27(34)35-20-8-9-33(2)14-20/h3-7,10-13,15,20H,8-9,14H2,1-2H3,(H,30,31)/t20-/m0/s1. The molecular weight excluding hydrogens is 472 g/mol. The highest BCUT2D eigenvalue weighted by Gasteiger charge is 2.25. The van der Waals surface area contributed by atoms with Gasteiger partial charge in [-0.3, -0.25) is 9.97 Å². The van der Waals surface area contributed by atoms with Gasteiger partial charge in [-0.25, -0.2) is 14.8 Å². The molecule has 1 aliphatic heterocycles. The molecule has 1 aliphatic rings. The zero-order valence-corrected chi connectivity index (χ0v) is 20.7. The van der Waals surface area contributed by atoms with Crippen LogP contribution in [0.4, 0.5) is 0 Å². The lowest BCUT2D eigenvalue weighted by Crippen LogP contribution is -2.22.